The number of aliphatic hydroxyl groups excluding tert-OH is 1. The van der Waals surface area contributed by atoms with E-state index in [4.69, 9.17) is 13.6 Å². The van der Waals surface area contributed by atoms with E-state index in [0.717, 1.165) is 31.3 Å². The van der Waals surface area contributed by atoms with Crippen molar-refractivity contribution in [3.63, 3.8) is 0 Å². The smallest absolute Gasteiger partial charge is 0.333 e. The van der Waals surface area contributed by atoms with Crippen LogP contribution in [0.2, 0.25) is 36.3 Å². The minimum Gasteiger partial charge on any atom is -0.466 e. The first-order valence-electron chi connectivity index (χ1n) is 18.3. The topological polar surface area (TPSA) is 65.0 Å². The van der Waals surface area contributed by atoms with Crippen molar-refractivity contribution in [2.75, 3.05) is 7.11 Å². The summed E-state index contributed by atoms with van der Waals surface area (Å²) in [6, 6.07) is 0. The summed E-state index contributed by atoms with van der Waals surface area (Å²) in [5.74, 6) is 7.00. The van der Waals surface area contributed by atoms with E-state index in [9.17, 15) is 9.90 Å². The van der Waals surface area contributed by atoms with Gasteiger partial charge in [-0.05, 0) is 103 Å². The van der Waals surface area contributed by atoms with Gasteiger partial charge in [-0.3, -0.25) is 0 Å². The Kier molecular flexibility index (Phi) is 13.0. The van der Waals surface area contributed by atoms with Gasteiger partial charge in [-0.2, -0.15) is 0 Å². The summed E-state index contributed by atoms with van der Waals surface area (Å²) in [6.45, 7) is 36.3. The highest BCUT2D eigenvalue weighted by Crippen LogP contribution is 2.59. The van der Waals surface area contributed by atoms with Crippen molar-refractivity contribution >= 4 is 22.6 Å². The molecular formula is C41H68O5Si2. The Balaban J connectivity index is 1.86. The largest absolute Gasteiger partial charge is 0.466 e. The molecule has 1 N–H and O–H groups in total. The highest BCUT2D eigenvalue weighted by Gasteiger charge is 2.51. The van der Waals surface area contributed by atoms with Crippen molar-refractivity contribution in [2.24, 2.45) is 23.2 Å². The van der Waals surface area contributed by atoms with Gasteiger partial charge in [0.05, 0.1) is 19.3 Å². The summed E-state index contributed by atoms with van der Waals surface area (Å²) in [5, 5.41) is 10.7. The normalized spacial score (nSPS) is 30.0. The van der Waals surface area contributed by atoms with E-state index < -0.39 is 28.7 Å². The van der Waals surface area contributed by atoms with Crippen molar-refractivity contribution in [3.8, 4) is 11.8 Å². The third kappa shape index (κ3) is 9.34. The molecule has 3 aliphatic rings. The molecule has 3 fully saturated rings. The van der Waals surface area contributed by atoms with Crippen LogP contribution in [0.25, 0.3) is 0 Å². The lowest BCUT2D eigenvalue weighted by Crippen LogP contribution is -2.49. The third-order valence-corrected chi connectivity index (χ3v) is 21.8. The monoisotopic (exact) mass is 696 g/mol. The Morgan fingerprint density at radius 2 is 1.65 bits per heavy atom. The molecule has 0 bridgehead atoms. The van der Waals surface area contributed by atoms with Crippen LogP contribution in [-0.2, 0) is 18.4 Å². The second kappa shape index (κ2) is 15.3. The molecule has 3 rings (SSSR count). The molecule has 0 spiro atoms. The zero-order valence-electron chi connectivity index (χ0n) is 32.8. The SMILES string of the molecule is C=C(CC(O)C#C[C@@H](C)[C@H]1CC[C@H]2/C(=C/C=C3/C[C@@H](O[Si](C)(C)C(C)(C)C)C[C@H](O[Si](C)(C)C(C)(C)C)C3=C)CCC[C@]12C)C(=O)OC. The van der Waals surface area contributed by atoms with Gasteiger partial charge in [0.25, 0.3) is 0 Å². The van der Waals surface area contributed by atoms with Gasteiger partial charge >= 0.3 is 5.97 Å². The number of aliphatic hydroxyl groups is 1. The number of methoxy groups -OCH3 is 1. The summed E-state index contributed by atoms with van der Waals surface area (Å²) in [5.41, 5.74) is 4.38. The van der Waals surface area contributed by atoms with Crippen molar-refractivity contribution in [1.29, 1.82) is 0 Å². The van der Waals surface area contributed by atoms with Crippen molar-refractivity contribution in [3.05, 3.63) is 47.6 Å². The molecule has 0 saturated heterocycles. The van der Waals surface area contributed by atoms with Crippen LogP contribution in [0, 0.1) is 35.0 Å². The summed E-state index contributed by atoms with van der Waals surface area (Å²) in [6.07, 6.45) is 11.6. The van der Waals surface area contributed by atoms with Gasteiger partial charge in [0.1, 0.15) is 6.10 Å². The van der Waals surface area contributed by atoms with E-state index in [1.807, 2.05) is 0 Å². The van der Waals surface area contributed by atoms with Crippen LogP contribution >= 0.6 is 0 Å². The first kappa shape index (κ1) is 40.7. The van der Waals surface area contributed by atoms with Gasteiger partial charge in [-0.15, -0.1) is 0 Å². The molecule has 7 heteroatoms. The van der Waals surface area contributed by atoms with Crippen LogP contribution < -0.4 is 0 Å². The number of rotatable bonds is 9. The highest BCUT2D eigenvalue weighted by molar-refractivity contribution is 6.74. The van der Waals surface area contributed by atoms with E-state index in [0.29, 0.717) is 11.8 Å². The predicted molar refractivity (Wildman–Crippen MR) is 206 cm³/mol. The lowest BCUT2D eigenvalue weighted by atomic mass is 9.61. The van der Waals surface area contributed by atoms with Crippen LogP contribution in [-0.4, -0.2) is 53.1 Å². The van der Waals surface area contributed by atoms with Gasteiger partial charge in [0.15, 0.2) is 16.6 Å². The molecule has 0 radical (unpaired) electrons. The summed E-state index contributed by atoms with van der Waals surface area (Å²) >= 11 is 0. The number of ether oxygens (including phenoxy) is 1. The van der Waals surface area contributed by atoms with Crippen LogP contribution in [0.4, 0.5) is 0 Å². The van der Waals surface area contributed by atoms with E-state index in [1.54, 1.807) is 5.57 Å². The van der Waals surface area contributed by atoms with Crippen molar-refractivity contribution in [2.45, 2.75) is 161 Å². The number of carbonyl (C=O) groups is 1. The molecule has 1 unspecified atom stereocenters. The average Bonchev–Trinajstić information content (AvgIpc) is 3.32. The Morgan fingerprint density at radius 3 is 2.23 bits per heavy atom. The van der Waals surface area contributed by atoms with Crippen LogP contribution in [0.5, 0.6) is 0 Å². The molecule has 48 heavy (non-hydrogen) atoms. The Hall–Kier alpha value is -1.70. The Morgan fingerprint density at radius 1 is 1.04 bits per heavy atom. The predicted octanol–water partition coefficient (Wildman–Crippen LogP) is 10.3. The molecule has 0 amide bonds. The number of carbonyl (C=O) groups excluding carboxylic acids is 1. The molecule has 3 saturated carbocycles. The van der Waals surface area contributed by atoms with E-state index in [2.05, 4.69) is 119 Å². The molecule has 270 valence electrons. The number of esters is 1. The molecule has 3 aliphatic carbocycles. The quantitative estimate of drug-likeness (QED) is 0.113. The Bertz CT molecular complexity index is 1330. The molecule has 0 aliphatic heterocycles. The number of hydrogen-bond acceptors (Lipinski definition) is 5. The van der Waals surface area contributed by atoms with E-state index in [1.165, 1.54) is 31.9 Å². The molecule has 7 atom stereocenters. The molecule has 0 aromatic rings. The fraction of sp³-hybridized carbons (Fsp3) is 0.732. The van der Waals surface area contributed by atoms with Gasteiger partial charge in [-0.1, -0.05) is 98.1 Å². The number of fused-ring (bicyclic) bond motifs is 1. The van der Waals surface area contributed by atoms with Gasteiger partial charge < -0.3 is 18.7 Å². The molecule has 0 aromatic heterocycles. The second-order valence-electron chi connectivity index (χ2n) is 18.3. The highest BCUT2D eigenvalue weighted by atomic mass is 28.4. The standard InChI is InChI=1S/C41H68O5Si2/c1-28(18-21-33(42)25-29(2)38(43)44-11)35-22-23-36-31(17-16-24-41(35,36)10)19-20-32-26-34(45-47(12,13)39(4,5)6)27-37(30(32)3)46-48(14,15)40(7,8)9/h19-20,28,33-37,42H,2-3,16-17,22-27H2,1,4-15H3/b31-19+,32-20-/t28-,33?,34-,35-,36+,37+,41-/m1/s1. The third-order valence-electron chi connectivity index (χ3n) is 12.8. The molecule has 0 aromatic carbocycles. The lowest BCUT2D eigenvalue weighted by Gasteiger charge is -2.45. The Labute approximate surface area is 296 Å². The van der Waals surface area contributed by atoms with E-state index in [-0.39, 0.29) is 45.6 Å². The summed E-state index contributed by atoms with van der Waals surface area (Å²) in [7, 11) is -2.66. The number of hydrogen-bond donors (Lipinski definition) is 1. The molecule has 5 nitrogen and oxygen atoms in total. The first-order valence-corrected chi connectivity index (χ1v) is 24.1. The fourth-order valence-corrected chi connectivity index (χ4v) is 10.4. The maximum atomic E-state index is 11.7. The summed E-state index contributed by atoms with van der Waals surface area (Å²) in [4.78, 5) is 11.7. The second-order valence-corrected chi connectivity index (χ2v) is 27.8. The minimum atomic E-state index is -2.02. The van der Waals surface area contributed by atoms with Gasteiger partial charge in [0.2, 0.25) is 0 Å². The van der Waals surface area contributed by atoms with Crippen LogP contribution in [0.1, 0.15) is 107 Å². The fourth-order valence-electron chi connectivity index (χ4n) is 7.71. The summed E-state index contributed by atoms with van der Waals surface area (Å²) < 4.78 is 18.8. The molecular weight excluding hydrogens is 629 g/mol. The number of allylic oxidation sites excluding steroid dienone is 3. The average molecular weight is 697 g/mol. The van der Waals surface area contributed by atoms with Crippen molar-refractivity contribution in [1.82, 2.24) is 0 Å². The van der Waals surface area contributed by atoms with Crippen LogP contribution in [0.15, 0.2) is 47.6 Å². The van der Waals surface area contributed by atoms with Crippen LogP contribution in [0.3, 0.4) is 0 Å². The zero-order valence-corrected chi connectivity index (χ0v) is 34.8. The maximum Gasteiger partial charge on any atom is 0.333 e. The minimum absolute atomic E-state index is 0.0221. The maximum absolute atomic E-state index is 11.7. The van der Waals surface area contributed by atoms with Gasteiger partial charge in [0, 0.05) is 24.3 Å². The molecule has 0 heterocycles. The lowest BCUT2D eigenvalue weighted by molar-refractivity contribution is -0.136. The van der Waals surface area contributed by atoms with E-state index >= 15 is 0 Å². The first-order chi connectivity index (χ1) is 21.9. The van der Waals surface area contributed by atoms with Crippen molar-refractivity contribution < 1.29 is 23.5 Å². The van der Waals surface area contributed by atoms with Gasteiger partial charge in [-0.25, -0.2) is 4.79 Å². The zero-order chi connectivity index (χ0) is 36.5.